The molecule has 0 radical (unpaired) electrons. The molecule has 0 aliphatic carbocycles. The third-order valence-electron chi connectivity index (χ3n) is 7.81. The van der Waals surface area contributed by atoms with Crippen molar-refractivity contribution in [3.05, 3.63) is 41.4 Å². The summed E-state index contributed by atoms with van der Waals surface area (Å²) in [5, 5.41) is 8.64. The zero-order valence-corrected chi connectivity index (χ0v) is 21.5. The third kappa shape index (κ3) is 5.15. The SMILES string of the molecule is Cc1ccc(C(=O)N2CCC3(CC2)CC(c2nnc(C(C)C)o2)N(CC(=O)N2CCOCC2)C3)cn1. The number of morpholine rings is 1. The van der Waals surface area contributed by atoms with Crippen molar-refractivity contribution in [2.75, 3.05) is 52.5 Å². The summed E-state index contributed by atoms with van der Waals surface area (Å²) >= 11 is 0. The Bertz CT molecular complexity index is 1070. The molecular weight excluding hydrogens is 460 g/mol. The average molecular weight is 497 g/mol. The Balaban J connectivity index is 1.30. The summed E-state index contributed by atoms with van der Waals surface area (Å²) in [5.74, 6) is 1.51. The van der Waals surface area contributed by atoms with Crippen LogP contribution in [0.25, 0.3) is 0 Å². The fourth-order valence-corrected chi connectivity index (χ4v) is 5.58. The number of piperidine rings is 1. The van der Waals surface area contributed by atoms with Gasteiger partial charge in [0.25, 0.3) is 5.91 Å². The van der Waals surface area contributed by atoms with E-state index in [4.69, 9.17) is 9.15 Å². The van der Waals surface area contributed by atoms with E-state index in [1.165, 1.54) is 0 Å². The normalized spacial score (nSPS) is 22.5. The van der Waals surface area contributed by atoms with Gasteiger partial charge in [0.2, 0.25) is 17.7 Å². The van der Waals surface area contributed by atoms with Crippen molar-refractivity contribution in [3.63, 3.8) is 0 Å². The Labute approximate surface area is 212 Å². The predicted octanol–water partition coefficient (Wildman–Crippen LogP) is 2.42. The van der Waals surface area contributed by atoms with Crippen molar-refractivity contribution in [3.8, 4) is 0 Å². The molecule has 3 aliphatic rings. The van der Waals surface area contributed by atoms with E-state index < -0.39 is 0 Å². The van der Waals surface area contributed by atoms with Crippen LogP contribution in [0.15, 0.2) is 22.7 Å². The molecule has 2 amide bonds. The number of hydrogen-bond acceptors (Lipinski definition) is 8. The van der Waals surface area contributed by atoms with E-state index in [1.54, 1.807) is 6.20 Å². The first-order valence-electron chi connectivity index (χ1n) is 13.0. The highest BCUT2D eigenvalue weighted by molar-refractivity contribution is 5.94. The lowest BCUT2D eigenvalue weighted by Gasteiger charge is -2.39. The number of ether oxygens (including phenoxy) is 1. The summed E-state index contributed by atoms with van der Waals surface area (Å²) in [6.07, 6.45) is 4.26. The largest absolute Gasteiger partial charge is 0.423 e. The number of nitrogens with zero attached hydrogens (tertiary/aromatic N) is 6. The maximum Gasteiger partial charge on any atom is 0.255 e. The monoisotopic (exact) mass is 496 g/mol. The van der Waals surface area contributed by atoms with E-state index >= 15 is 0 Å². The lowest BCUT2D eigenvalue weighted by atomic mass is 9.76. The van der Waals surface area contributed by atoms with Crippen LogP contribution in [0, 0.1) is 12.3 Å². The van der Waals surface area contributed by atoms with Crippen LogP contribution in [0.4, 0.5) is 0 Å². The second-order valence-corrected chi connectivity index (χ2v) is 10.7. The van der Waals surface area contributed by atoms with Crippen LogP contribution >= 0.6 is 0 Å². The molecule has 1 spiro atoms. The minimum absolute atomic E-state index is 0.00469. The maximum atomic E-state index is 13.1. The smallest absolute Gasteiger partial charge is 0.255 e. The molecular formula is C26H36N6O4. The first kappa shape index (κ1) is 24.8. The number of likely N-dealkylation sites (tertiary alicyclic amines) is 2. The van der Waals surface area contributed by atoms with Gasteiger partial charge >= 0.3 is 0 Å². The van der Waals surface area contributed by atoms with Crippen molar-refractivity contribution in [1.29, 1.82) is 0 Å². The van der Waals surface area contributed by atoms with Gasteiger partial charge in [-0.15, -0.1) is 10.2 Å². The molecule has 36 heavy (non-hydrogen) atoms. The van der Waals surface area contributed by atoms with Gasteiger partial charge in [0.15, 0.2) is 0 Å². The van der Waals surface area contributed by atoms with Gasteiger partial charge < -0.3 is 19.0 Å². The lowest BCUT2D eigenvalue weighted by molar-refractivity contribution is -0.136. The minimum atomic E-state index is -0.0986. The van der Waals surface area contributed by atoms with E-state index in [9.17, 15) is 9.59 Å². The number of aryl methyl sites for hydroxylation is 1. The van der Waals surface area contributed by atoms with Crippen LogP contribution in [0.2, 0.25) is 0 Å². The molecule has 1 atom stereocenters. The van der Waals surface area contributed by atoms with Gasteiger partial charge in [0.05, 0.1) is 31.4 Å². The second-order valence-electron chi connectivity index (χ2n) is 10.7. The zero-order chi connectivity index (χ0) is 25.3. The van der Waals surface area contributed by atoms with Crippen LogP contribution in [-0.4, -0.2) is 94.2 Å². The second kappa shape index (κ2) is 10.3. The Morgan fingerprint density at radius 1 is 1.08 bits per heavy atom. The standard InChI is InChI=1S/C26H36N6O4/c1-18(2)23-28-29-24(36-23)21-14-26(17-32(21)16-22(33)30-10-12-35-13-11-30)6-8-31(9-7-26)25(34)20-5-4-19(3)27-15-20/h4-5,15,18,21H,6-14,16-17H2,1-3H3. The first-order chi connectivity index (χ1) is 17.3. The molecule has 5 heterocycles. The fourth-order valence-electron chi connectivity index (χ4n) is 5.58. The Kier molecular flexibility index (Phi) is 7.07. The van der Waals surface area contributed by atoms with Gasteiger partial charge in [0.1, 0.15) is 0 Å². The van der Waals surface area contributed by atoms with Crippen molar-refractivity contribution < 1.29 is 18.7 Å². The molecule has 2 aromatic rings. The number of aromatic nitrogens is 3. The maximum absolute atomic E-state index is 13.1. The van der Waals surface area contributed by atoms with Crippen molar-refractivity contribution >= 4 is 11.8 Å². The Morgan fingerprint density at radius 2 is 1.83 bits per heavy atom. The third-order valence-corrected chi connectivity index (χ3v) is 7.81. The van der Waals surface area contributed by atoms with Gasteiger partial charge in [-0.3, -0.25) is 19.5 Å². The van der Waals surface area contributed by atoms with E-state index in [1.807, 2.05) is 42.7 Å². The summed E-state index contributed by atoms with van der Waals surface area (Å²) in [5.41, 5.74) is 1.53. The van der Waals surface area contributed by atoms with Gasteiger partial charge in [-0.2, -0.15) is 0 Å². The highest BCUT2D eigenvalue weighted by atomic mass is 16.5. The molecule has 0 saturated carbocycles. The van der Waals surface area contributed by atoms with Crippen LogP contribution in [0.1, 0.15) is 72.9 Å². The molecule has 0 N–H and O–H groups in total. The number of amides is 2. The summed E-state index contributed by atoms with van der Waals surface area (Å²) in [6.45, 7) is 10.9. The van der Waals surface area contributed by atoms with Crippen molar-refractivity contribution in [1.82, 2.24) is 29.9 Å². The molecule has 10 nitrogen and oxygen atoms in total. The predicted molar refractivity (Wildman–Crippen MR) is 131 cm³/mol. The number of carbonyl (C=O) groups excluding carboxylic acids is 2. The van der Waals surface area contributed by atoms with Crippen molar-refractivity contribution in [2.24, 2.45) is 5.41 Å². The molecule has 3 fully saturated rings. The number of carbonyl (C=O) groups is 2. The van der Waals surface area contributed by atoms with E-state index in [0.717, 1.165) is 31.5 Å². The average Bonchev–Trinajstić information content (AvgIpc) is 3.51. The molecule has 3 saturated heterocycles. The van der Waals surface area contributed by atoms with Gasteiger partial charge in [-0.25, -0.2) is 0 Å². The van der Waals surface area contributed by atoms with E-state index in [-0.39, 0.29) is 29.2 Å². The summed E-state index contributed by atoms with van der Waals surface area (Å²) in [6, 6.07) is 3.62. The summed E-state index contributed by atoms with van der Waals surface area (Å²) in [4.78, 5) is 36.5. The highest BCUT2D eigenvalue weighted by Gasteiger charge is 2.49. The topological polar surface area (TPSA) is 105 Å². The molecule has 194 valence electrons. The number of pyridine rings is 1. The van der Waals surface area contributed by atoms with Crippen molar-refractivity contribution in [2.45, 2.75) is 52.0 Å². The first-order valence-corrected chi connectivity index (χ1v) is 13.0. The molecule has 3 aliphatic heterocycles. The van der Waals surface area contributed by atoms with Gasteiger partial charge in [-0.05, 0) is 43.7 Å². The summed E-state index contributed by atoms with van der Waals surface area (Å²) in [7, 11) is 0. The minimum Gasteiger partial charge on any atom is -0.423 e. The van der Waals surface area contributed by atoms with Crippen LogP contribution in [0.5, 0.6) is 0 Å². The zero-order valence-electron chi connectivity index (χ0n) is 21.5. The molecule has 2 aromatic heterocycles. The number of hydrogen-bond donors (Lipinski definition) is 0. The Morgan fingerprint density at radius 3 is 2.47 bits per heavy atom. The summed E-state index contributed by atoms with van der Waals surface area (Å²) < 4.78 is 11.5. The van der Waals surface area contributed by atoms with Gasteiger partial charge in [-0.1, -0.05) is 13.8 Å². The fraction of sp³-hybridized carbons (Fsp3) is 0.654. The quantitative estimate of drug-likeness (QED) is 0.622. The highest BCUT2D eigenvalue weighted by Crippen LogP contribution is 2.49. The lowest BCUT2D eigenvalue weighted by Crippen LogP contribution is -2.47. The number of rotatable bonds is 5. The molecule has 0 bridgehead atoms. The van der Waals surface area contributed by atoms with E-state index in [2.05, 4.69) is 20.1 Å². The molecule has 10 heteroatoms. The Hall–Kier alpha value is -2.85. The van der Waals surface area contributed by atoms with Crippen LogP contribution < -0.4 is 0 Å². The van der Waals surface area contributed by atoms with E-state index in [0.29, 0.717) is 63.3 Å². The molecule has 5 rings (SSSR count). The molecule has 1 unspecified atom stereocenters. The van der Waals surface area contributed by atoms with Gasteiger partial charge in [0, 0.05) is 50.5 Å². The van der Waals surface area contributed by atoms with Crippen LogP contribution in [0.3, 0.4) is 0 Å². The molecule has 0 aromatic carbocycles. The van der Waals surface area contributed by atoms with Crippen LogP contribution in [-0.2, 0) is 9.53 Å².